The number of carbonyl (C=O) groups is 1. The molecule has 0 atom stereocenters. The number of ether oxygens (including phenoxy) is 1. The molecule has 1 aliphatic heterocycles. The number of urea groups is 1. The van der Waals surface area contributed by atoms with Crippen LogP contribution < -0.4 is 5.32 Å². The van der Waals surface area contributed by atoms with Crippen molar-refractivity contribution in [3.63, 3.8) is 0 Å². The van der Waals surface area contributed by atoms with Gasteiger partial charge in [-0.3, -0.25) is 4.68 Å². The summed E-state index contributed by atoms with van der Waals surface area (Å²) < 4.78 is 7.80. The molecular weight excluding hydrogens is 400 g/mol. The van der Waals surface area contributed by atoms with Crippen molar-refractivity contribution in [3.05, 3.63) is 81.6 Å². The molecule has 0 saturated heterocycles. The Hall–Kier alpha value is -2.83. The van der Waals surface area contributed by atoms with Crippen molar-refractivity contribution in [2.45, 2.75) is 33.1 Å². The van der Waals surface area contributed by atoms with Gasteiger partial charge in [-0.25, -0.2) is 4.79 Å². The first-order valence-electron chi connectivity index (χ1n) is 9.98. The van der Waals surface area contributed by atoms with Gasteiger partial charge in [0.05, 0.1) is 25.5 Å². The number of aryl methyl sites for hydroxylation is 2. The largest absolute Gasteiger partial charge is 0.370 e. The van der Waals surface area contributed by atoms with Crippen LogP contribution in [-0.4, -0.2) is 27.3 Å². The molecule has 7 heteroatoms. The molecule has 4 rings (SSSR count). The molecule has 1 aromatic heterocycles. The molecule has 1 aliphatic rings. The first kappa shape index (κ1) is 20.4. The number of aromatic nitrogens is 2. The second-order valence-corrected chi connectivity index (χ2v) is 8.02. The number of nitrogens with zero attached hydrogens (tertiary/aromatic N) is 3. The molecular formula is C23H25ClN4O2. The van der Waals surface area contributed by atoms with Crippen LogP contribution in [0, 0.1) is 6.92 Å². The van der Waals surface area contributed by atoms with Gasteiger partial charge in [-0.15, -0.1) is 0 Å². The van der Waals surface area contributed by atoms with E-state index < -0.39 is 0 Å². The minimum Gasteiger partial charge on any atom is -0.370 e. The summed E-state index contributed by atoms with van der Waals surface area (Å²) in [4.78, 5) is 14.6. The summed E-state index contributed by atoms with van der Waals surface area (Å²) in [6.07, 6.45) is 0.775. The van der Waals surface area contributed by atoms with Crippen LogP contribution in [0.1, 0.15) is 28.1 Å². The van der Waals surface area contributed by atoms with E-state index in [0.717, 1.165) is 34.5 Å². The normalized spacial score (nSPS) is 13.2. The molecule has 30 heavy (non-hydrogen) atoms. The zero-order valence-electron chi connectivity index (χ0n) is 17.2. The maximum atomic E-state index is 12.8. The number of halogens is 1. The Bertz CT molecular complexity index is 1050. The molecule has 3 aromatic rings. The maximum Gasteiger partial charge on any atom is 0.322 e. The molecule has 2 heterocycles. The summed E-state index contributed by atoms with van der Waals surface area (Å²) in [5.74, 6) is 0. The summed E-state index contributed by atoms with van der Waals surface area (Å²) in [6, 6.07) is 15.3. The van der Waals surface area contributed by atoms with Gasteiger partial charge in [-0.1, -0.05) is 35.9 Å². The van der Waals surface area contributed by atoms with E-state index in [1.54, 1.807) is 0 Å². The number of carbonyl (C=O) groups excluding carboxylic acids is 1. The average Bonchev–Trinajstić information content (AvgIpc) is 3.04. The molecule has 0 bridgehead atoms. The van der Waals surface area contributed by atoms with Gasteiger partial charge < -0.3 is 15.0 Å². The van der Waals surface area contributed by atoms with Crippen molar-refractivity contribution < 1.29 is 9.53 Å². The lowest BCUT2D eigenvalue weighted by atomic mass is 10.1. The summed E-state index contributed by atoms with van der Waals surface area (Å²) >= 11 is 5.93. The molecule has 0 unspecified atom stereocenters. The third-order valence-electron chi connectivity index (χ3n) is 5.30. The first-order valence-corrected chi connectivity index (χ1v) is 10.4. The third-order valence-corrected chi connectivity index (χ3v) is 5.55. The van der Waals surface area contributed by atoms with Crippen LogP contribution in [0.2, 0.25) is 5.02 Å². The van der Waals surface area contributed by atoms with Crippen molar-refractivity contribution in [2.75, 3.05) is 11.9 Å². The predicted molar refractivity (Wildman–Crippen MR) is 117 cm³/mol. The Morgan fingerprint density at radius 3 is 2.77 bits per heavy atom. The highest BCUT2D eigenvalue weighted by Gasteiger charge is 2.26. The van der Waals surface area contributed by atoms with Crippen LogP contribution in [0.15, 0.2) is 48.5 Å². The molecule has 0 aliphatic carbocycles. The molecule has 0 radical (unpaired) electrons. The summed E-state index contributed by atoms with van der Waals surface area (Å²) in [7, 11) is 1.95. The monoisotopic (exact) mass is 424 g/mol. The van der Waals surface area contributed by atoms with Gasteiger partial charge in [0.15, 0.2) is 0 Å². The Balaban J connectivity index is 1.41. The average molecular weight is 425 g/mol. The number of benzene rings is 2. The number of fused-ring (bicyclic) bond motifs is 1. The number of hydrogen-bond acceptors (Lipinski definition) is 3. The highest BCUT2D eigenvalue weighted by atomic mass is 35.5. The van der Waals surface area contributed by atoms with Crippen LogP contribution >= 0.6 is 11.6 Å². The van der Waals surface area contributed by atoms with E-state index in [1.807, 2.05) is 72.1 Å². The molecule has 0 fully saturated rings. The van der Waals surface area contributed by atoms with Crippen LogP contribution in [-0.2, 0) is 38.0 Å². The van der Waals surface area contributed by atoms with Crippen LogP contribution in [0.3, 0.4) is 0 Å². The Kier molecular flexibility index (Phi) is 6.06. The van der Waals surface area contributed by atoms with E-state index in [0.29, 0.717) is 31.3 Å². The SMILES string of the molecule is Cc1cccc(NC(=O)N2CCc3c(c(COCc4ccc(Cl)cc4)nn3C)C2)c1. The van der Waals surface area contributed by atoms with E-state index in [1.165, 1.54) is 5.69 Å². The van der Waals surface area contributed by atoms with Gasteiger partial charge in [0.1, 0.15) is 0 Å². The van der Waals surface area contributed by atoms with Crippen LogP contribution in [0.4, 0.5) is 10.5 Å². The fourth-order valence-corrected chi connectivity index (χ4v) is 3.86. The van der Waals surface area contributed by atoms with E-state index >= 15 is 0 Å². The van der Waals surface area contributed by atoms with Crippen molar-refractivity contribution in [2.24, 2.45) is 7.05 Å². The molecule has 0 spiro atoms. The molecule has 156 valence electrons. The van der Waals surface area contributed by atoms with Gasteiger partial charge in [0.25, 0.3) is 0 Å². The highest BCUT2D eigenvalue weighted by Crippen LogP contribution is 2.24. The van der Waals surface area contributed by atoms with Crippen molar-refractivity contribution in [1.82, 2.24) is 14.7 Å². The zero-order valence-corrected chi connectivity index (χ0v) is 17.9. The minimum absolute atomic E-state index is 0.0943. The zero-order chi connectivity index (χ0) is 21.1. The highest BCUT2D eigenvalue weighted by molar-refractivity contribution is 6.30. The van der Waals surface area contributed by atoms with Crippen molar-refractivity contribution in [1.29, 1.82) is 0 Å². The summed E-state index contributed by atoms with van der Waals surface area (Å²) in [5.41, 5.74) is 6.11. The molecule has 1 N–H and O–H groups in total. The minimum atomic E-state index is -0.0943. The van der Waals surface area contributed by atoms with E-state index in [2.05, 4.69) is 10.4 Å². The second-order valence-electron chi connectivity index (χ2n) is 7.59. The lowest BCUT2D eigenvalue weighted by Gasteiger charge is -2.28. The standard InChI is InChI=1S/C23H25ClN4O2/c1-16-4-3-5-19(12-16)25-23(29)28-11-10-22-20(13-28)21(26-27(22)2)15-30-14-17-6-8-18(24)9-7-17/h3-9,12H,10-11,13-15H2,1-2H3,(H,25,29). The van der Waals surface area contributed by atoms with E-state index in [9.17, 15) is 4.79 Å². The fourth-order valence-electron chi connectivity index (χ4n) is 3.73. The number of anilines is 1. The third kappa shape index (κ3) is 4.66. The first-order chi connectivity index (χ1) is 14.5. The van der Waals surface area contributed by atoms with Crippen molar-refractivity contribution in [3.8, 4) is 0 Å². The number of rotatable bonds is 5. The van der Waals surface area contributed by atoms with E-state index in [-0.39, 0.29) is 6.03 Å². The van der Waals surface area contributed by atoms with Gasteiger partial charge >= 0.3 is 6.03 Å². The van der Waals surface area contributed by atoms with Gasteiger partial charge in [0, 0.05) is 42.0 Å². The van der Waals surface area contributed by atoms with E-state index in [4.69, 9.17) is 16.3 Å². The molecule has 6 nitrogen and oxygen atoms in total. The predicted octanol–water partition coefficient (Wildman–Crippen LogP) is 4.69. The lowest BCUT2D eigenvalue weighted by Crippen LogP contribution is -2.39. The smallest absolute Gasteiger partial charge is 0.322 e. The molecule has 2 aromatic carbocycles. The maximum absolute atomic E-state index is 12.8. The quantitative estimate of drug-likeness (QED) is 0.646. The fraction of sp³-hybridized carbons (Fsp3) is 0.304. The number of amides is 2. The number of hydrogen-bond donors (Lipinski definition) is 1. The van der Waals surface area contributed by atoms with Gasteiger partial charge in [-0.2, -0.15) is 5.10 Å². The molecule has 2 amide bonds. The Labute approximate surface area is 181 Å². The van der Waals surface area contributed by atoms with Crippen molar-refractivity contribution >= 4 is 23.3 Å². The van der Waals surface area contributed by atoms with Crippen LogP contribution in [0.25, 0.3) is 0 Å². The van der Waals surface area contributed by atoms with Gasteiger partial charge in [-0.05, 0) is 42.3 Å². The van der Waals surface area contributed by atoms with Gasteiger partial charge in [0.2, 0.25) is 0 Å². The van der Waals surface area contributed by atoms with Crippen LogP contribution in [0.5, 0.6) is 0 Å². The lowest BCUT2D eigenvalue weighted by molar-refractivity contribution is 0.103. The Morgan fingerprint density at radius 2 is 2.00 bits per heavy atom. The Morgan fingerprint density at radius 1 is 1.20 bits per heavy atom. The number of nitrogens with one attached hydrogen (secondary N) is 1. The summed E-state index contributed by atoms with van der Waals surface area (Å²) in [5, 5.41) is 8.35. The topological polar surface area (TPSA) is 59.4 Å². The summed E-state index contributed by atoms with van der Waals surface area (Å²) in [6.45, 7) is 4.09. The molecule has 0 saturated carbocycles. The second kappa shape index (κ2) is 8.90.